The fraction of sp³-hybridized carbons (Fsp3) is 0.333. The third kappa shape index (κ3) is 1.88. The van der Waals surface area contributed by atoms with E-state index < -0.39 is 0 Å². The van der Waals surface area contributed by atoms with E-state index in [1.165, 1.54) is 6.08 Å². The lowest BCUT2D eigenvalue weighted by Gasteiger charge is -2.16. The molecule has 0 spiro atoms. The lowest BCUT2D eigenvalue weighted by molar-refractivity contribution is -0.117. The Morgan fingerprint density at radius 1 is 1.44 bits per heavy atom. The molecular weight excluding hydrogens is 204 g/mol. The second-order valence-corrected chi connectivity index (χ2v) is 3.82. The van der Waals surface area contributed by atoms with Crippen LogP contribution >= 0.6 is 0 Å². The molecule has 1 saturated heterocycles. The number of carbonyl (C=O) groups excluding carboxylic acids is 2. The smallest absolute Gasteiger partial charge is 0.240 e. The van der Waals surface area contributed by atoms with Crippen molar-refractivity contribution in [1.82, 2.24) is 0 Å². The van der Waals surface area contributed by atoms with Crippen LogP contribution in [0.5, 0.6) is 0 Å². The minimum absolute atomic E-state index is 0.130. The largest absolute Gasteiger partial charge is 0.312 e. The number of carbonyl (C=O) groups is 1. The lowest BCUT2D eigenvalue weighted by Crippen LogP contribution is -2.23. The minimum atomic E-state index is 0.130. The highest BCUT2D eigenvalue weighted by molar-refractivity contribution is 5.95. The molecule has 1 fully saturated rings. The number of nitrogens with zero attached hydrogens (tertiary/aromatic N) is 2. The number of aryl methyl sites for hydroxylation is 1. The first kappa shape index (κ1) is 10.6. The molecule has 0 N–H and O–H groups in total. The molecule has 1 aliphatic heterocycles. The Labute approximate surface area is 93.6 Å². The van der Waals surface area contributed by atoms with E-state index in [2.05, 4.69) is 4.99 Å². The van der Waals surface area contributed by atoms with E-state index in [4.69, 9.17) is 0 Å². The third-order valence-corrected chi connectivity index (χ3v) is 2.74. The van der Waals surface area contributed by atoms with Crippen molar-refractivity contribution in [1.29, 1.82) is 0 Å². The van der Waals surface area contributed by atoms with Crippen molar-refractivity contribution in [2.24, 2.45) is 4.99 Å². The van der Waals surface area contributed by atoms with Gasteiger partial charge >= 0.3 is 0 Å². The summed E-state index contributed by atoms with van der Waals surface area (Å²) in [6.07, 6.45) is 3.01. The SMILES string of the molecule is Cc1ccc(N2CCCC2=O)cc1N=C=O. The Morgan fingerprint density at radius 2 is 2.25 bits per heavy atom. The van der Waals surface area contributed by atoms with Gasteiger partial charge in [0.25, 0.3) is 0 Å². The summed E-state index contributed by atoms with van der Waals surface area (Å²) >= 11 is 0. The van der Waals surface area contributed by atoms with Gasteiger partial charge < -0.3 is 4.90 Å². The molecule has 82 valence electrons. The summed E-state index contributed by atoms with van der Waals surface area (Å²) in [6.45, 7) is 2.61. The van der Waals surface area contributed by atoms with Gasteiger partial charge in [-0.05, 0) is 31.0 Å². The average molecular weight is 216 g/mol. The van der Waals surface area contributed by atoms with Gasteiger partial charge in [-0.1, -0.05) is 6.07 Å². The maximum atomic E-state index is 11.5. The number of hydrogen-bond acceptors (Lipinski definition) is 3. The first-order chi connectivity index (χ1) is 7.72. The molecule has 0 aliphatic carbocycles. The molecule has 0 atom stereocenters. The van der Waals surface area contributed by atoms with Gasteiger partial charge in [0.15, 0.2) is 0 Å². The molecule has 4 nitrogen and oxygen atoms in total. The van der Waals surface area contributed by atoms with Crippen LogP contribution in [0.3, 0.4) is 0 Å². The standard InChI is InChI=1S/C12H12N2O2/c1-9-4-5-10(7-11(9)13-8-15)14-6-2-3-12(14)16/h4-5,7H,2-3,6H2,1H3. The Morgan fingerprint density at radius 3 is 2.88 bits per heavy atom. The van der Waals surface area contributed by atoms with Crippen LogP contribution in [0.2, 0.25) is 0 Å². The molecule has 1 aromatic rings. The van der Waals surface area contributed by atoms with Gasteiger partial charge in [0.05, 0.1) is 5.69 Å². The van der Waals surface area contributed by atoms with E-state index in [-0.39, 0.29) is 5.91 Å². The van der Waals surface area contributed by atoms with Crippen LogP contribution in [-0.2, 0) is 9.59 Å². The molecule has 0 radical (unpaired) electrons. The topological polar surface area (TPSA) is 49.7 Å². The second kappa shape index (κ2) is 4.29. The summed E-state index contributed by atoms with van der Waals surface area (Å²) < 4.78 is 0. The predicted molar refractivity (Wildman–Crippen MR) is 60.5 cm³/mol. The number of aliphatic imine (C=N–C) groups is 1. The number of amides is 1. The number of anilines is 1. The van der Waals surface area contributed by atoms with E-state index >= 15 is 0 Å². The monoisotopic (exact) mass is 216 g/mol. The highest BCUT2D eigenvalue weighted by atomic mass is 16.2. The fourth-order valence-corrected chi connectivity index (χ4v) is 1.86. The first-order valence-electron chi connectivity index (χ1n) is 5.21. The van der Waals surface area contributed by atoms with Crippen LogP contribution in [0, 0.1) is 6.92 Å². The number of rotatable bonds is 2. The zero-order valence-electron chi connectivity index (χ0n) is 9.06. The summed E-state index contributed by atoms with van der Waals surface area (Å²) in [5.74, 6) is 0.130. The van der Waals surface area contributed by atoms with Gasteiger partial charge in [0.2, 0.25) is 12.0 Å². The first-order valence-corrected chi connectivity index (χ1v) is 5.21. The normalized spacial score (nSPS) is 15.1. The van der Waals surface area contributed by atoms with Crippen molar-refractivity contribution in [2.45, 2.75) is 19.8 Å². The molecule has 1 aliphatic rings. The molecule has 0 aromatic heterocycles. The van der Waals surface area contributed by atoms with Crippen LogP contribution < -0.4 is 4.90 Å². The van der Waals surface area contributed by atoms with Gasteiger partial charge in [0, 0.05) is 18.7 Å². The minimum Gasteiger partial charge on any atom is -0.312 e. The van der Waals surface area contributed by atoms with Gasteiger partial charge in [-0.2, -0.15) is 4.99 Å². The quantitative estimate of drug-likeness (QED) is 0.561. The van der Waals surface area contributed by atoms with E-state index in [9.17, 15) is 9.59 Å². The molecule has 0 saturated carbocycles. The van der Waals surface area contributed by atoms with Crippen LogP contribution in [0.15, 0.2) is 23.2 Å². The molecule has 2 rings (SSSR count). The molecule has 1 amide bonds. The van der Waals surface area contributed by atoms with Crippen molar-refractivity contribution in [3.05, 3.63) is 23.8 Å². The van der Waals surface area contributed by atoms with E-state index in [0.717, 1.165) is 24.2 Å². The maximum Gasteiger partial charge on any atom is 0.240 e. The lowest BCUT2D eigenvalue weighted by atomic mass is 10.2. The highest BCUT2D eigenvalue weighted by Crippen LogP contribution is 2.27. The zero-order valence-corrected chi connectivity index (χ0v) is 9.06. The van der Waals surface area contributed by atoms with Crippen molar-refractivity contribution in [3.63, 3.8) is 0 Å². The third-order valence-electron chi connectivity index (χ3n) is 2.74. The Kier molecular flexibility index (Phi) is 2.84. The zero-order chi connectivity index (χ0) is 11.5. The van der Waals surface area contributed by atoms with Gasteiger partial charge in [-0.15, -0.1) is 0 Å². The van der Waals surface area contributed by atoms with Gasteiger partial charge in [-0.25, -0.2) is 4.79 Å². The van der Waals surface area contributed by atoms with Crippen molar-refractivity contribution >= 4 is 23.4 Å². The second-order valence-electron chi connectivity index (χ2n) is 3.82. The summed E-state index contributed by atoms with van der Waals surface area (Å²) in [4.78, 5) is 27.1. The average Bonchev–Trinajstić information content (AvgIpc) is 2.68. The van der Waals surface area contributed by atoms with Gasteiger partial charge in [0.1, 0.15) is 0 Å². The maximum absolute atomic E-state index is 11.5. The van der Waals surface area contributed by atoms with E-state index in [1.54, 1.807) is 11.0 Å². The summed E-state index contributed by atoms with van der Waals surface area (Å²) in [7, 11) is 0. The molecule has 0 unspecified atom stereocenters. The Hall–Kier alpha value is -1.93. The number of benzene rings is 1. The summed E-state index contributed by atoms with van der Waals surface area (Å²) in [6, 6.07) is 5.49. The van der Waals surface area contributed by atoms with Crippen LogP contribution in [0.25, 0.3) is 0 Å². The predicted octanol–water partition coefficient (Wildman–Crippen LogP) is 2.09. The molecule has 16 heavy (non-hydrogen) atoms. The van der Waals surface area contributed by atoms with E-state index in [0.29, 0.717) is 12.1 Å². The molecule has 1 aromatic carbocycles. The fourth-order valence-electron chi connectivity index (χ4n) is 1.86. The van der Waals surface area contributed by atoms with Crippen molar-refractivity contribution in [2.75, 3.05) is 11.4 Å². The van der Waals surface area contributed by atoms with Crippen LogP contribution in [-0.4, -0.2) is 18.5 Å². The van der Waals surface area contributed by atoms with Crippen LogP contribution in [0.1, 0.15) is 18.4 Å². The summed E-state index contributed by atoms with van der Waals surface area (Å²) in [5, 5.41) is 0. The van der Waals surface area contributed by atoms with Crippen LogP contribution in [0.4, 0.5) is 11.4 Å². The van der Waals surface area contributed by atoms with Crippen molar-refractivity contribution in [3.8, 4) is 0 Å². The molecule has 4 heteroatoms. The number of isocyanates is 1. The molecule has 1 heterocycles. The summed E-state index contributed by atoms with van der Waals surface area (Å²) in [5.41, 5.74) is 2.29. The Bertz CT molecular complexity index is 476. The molecule has 0 bridgehead atoms. The van der Waals surface area contributed by atoms with E-state index in [1.807, 2.05) is 19.1 Å². The molecular formula is C12H12N2O2. The number of hydrogen-bond donors (Lipinski definition) is 0. The van der Waals surface area contributed by atoms with Crippen molar-refractivity contribution < 1.29 is 9.59 Å². The highest BCUT2D eigenvalue weighted by Gasteiger charge is 2.21. The van der Waals surface area contributed by atoms with Gasteiger partial charge in [-0.3, -0.25) is 4.79 Å². The Balaban J connectivity index is 2.38.